The molecule has 0 amide bonds. The minimum Gasteiger partial charge on any atom is -0.495 e. The van der Waals surface area contributed by atoms with Gasteiger partial charge in [-0.15, -0.1) is 0 Å². The van der Waals surface area contributed by atoms with Crippen LogP contribution in [0.1, 0.15) is 37.2 Å². The summed E-state index contributed by atoms with van der Waals surface area (Å²) < 4.78 is 19.3. The van der Waals surface area contributed by atoms with E-state index in [1.54, 1.807) is 13.2 Å². The number of halogens is 1. The maximum absolute atomic E-state index is 13.7. The van der Waals surface area contributed by atoms with Crippen molar-refractivity contribution in [3.05, 3.63) is 60.0 Å². The maximum atomic E-state index is 13.7. The minimum absolute atomic E-state index is 0.148. The number of benzene rings is 2. The van der Waals surface area contributed by atoms with Crippen molar-refractivity contribution in [1.82, 2.24) is 9.88 Å². The average molecular weight is 408 g/mol. The van der Waals surface area contributed by atoms with E-state index < -0.39 is 0 Å². The van der Waals surface area contributed by atoms with E-state index in [0.717, 1.165) is 42.8 Å². The molecule has 158 valence electrons. The molecule has 5 heteroatoms. The molecule has 1 aliphatic carbocycles. The maximum Gasteiger partial charge on any atom is 0.142 e. The Morgan fingerprint density at radius 2 is 1.73 bits per heavy atom. The third-order valence-corrected chi connectivity index (χ3v) is 7.07. The highest BCUT2D eigenvalue weighted by atomic mass is 19.1. The van der Waals surface area contributed by atoms with Crippen LogP contribution in [0.2, 0.25) is 0 Å². The Hall–Kier alpha value is -2.53. The SMILES string of the molecule is COc1ccccc1N1CCN(C2CCC(c3c[nH]c4ccc(F)cc34)CC2)CC1. The summed E-state index contributed by atoms with van der Waals surface area (Å²) in [6.45, 7) is 4.29. The van der Waals surface area contributed by atoms with E-state index in [1.165, 1.54) is 43.0 Å². The predicted octanol–water partition coefficient (Wildman–Crippen LogP) is 5.16. The number of piperazine rings is 1. The molecule has 4 nitrogen and oxygen atoms in total. The molecule has 0 spiro atoms. The lowest BCUT2D eigenvalue weighted by molar-refractivity contribution is 0.141. The fourth-order valence-electron chi connectivity index (χ4n) is 5.42. The van der Waals surface area contributed by atoms with E-state index in [2.05, 4.69) is 33.1 Å². The van der Waals surface area contributed by atoms with Crippen molar-refractivity contribution in [2.75, 3.05) is 38.2 Å². The summed E-state index contributed by atoms with van der Waals surface area (Å²) in [5, 5.41) is 1.06. The van der Waals surface area contributed by atoms with Crippen molar-refractivity contribution in [3.63, 3.8) is 0 Å². The van der Waals surface area contributed by atoms with Crippen molar-refractivity contribution in [1.29, 1.82) is 0 Å². The van der Waals surface area contributed by atoms with Crippen molar-refractivity contribution in [2.24, 2.45) is 0 Å². The fraction of sp³-hybridized carbons (Fsp3) is 0.440. The van der Waals surface area contributed by atoms with E-state index in [-0.39, 0.29) is 5.82 Å². The molecule has 1 aromatic heterocycles. The van der Waals surface area contributed by atoms with E-state index in [9.17, 15) is 4.39 Å². The second kappa shape index (κ2) is 8.31. The minimum atomic E-state index is -0.148. The van der Waals surface area contributed by atoms with Crippen molar-refractivity contribution in [2.45, 2.75) is 37.6 Å². The first-order chi connectivity index (χ1) is 14.7. The Labute approximate surface area is 177 Å². The number of aromatic nitrogens is 1. The lowest BCUT2D eigenvalue weighted by Gasteiger charge is -2.42. The number of para-hydroxylation sites is 2. The molecule has 1 saturated carbocycles. The van der Waals surface area contributed by atoms with Gasteiger partial charge < -0.3 is 14.6 Å². The van der Waals surface area contributed by atoms with Gasteiger partial charge in [-0.25, -0.2) is 4.39 Å². The highest BCUT2D eigenvalue weighted by Gasteiger charge is 2.30. The molecule has 0 unspecified atom stereocenters. The Bertz CT molecular complexity index is 1000. The van der Waals surface area contributed by atoms with Crippen LogP contribution in [0, 0.1) is 5.82 Å². The molecule has 2 fully saturated rings. The van der Waals surface area contributed by atoms with Crippen LogP contribution >= 0.6 is 0 Å². The molecular weight excluding hydrogens is 377 g/mol. The number of ether oxygens (including phenoxy) is 1. The first kappa shape index (κ1) is 19.4. The molecule has 3 aromatic rings. The third-order valence-electron chi connectivity index (χ3n) is 7.07. The van der Waals surface area contributed by atoms with Gasteiger partial charge in [-0.3, -0.25) is 4.90 Å². The van der Waals surface area contributed by atoms with Gasteiger partial charge in [-0.2, -0.15) is 0 Å². The van der Waals surface area contributed by atoms with E-state index in [4.69, 9.17) is 4.74 Å². The average Bonchev–Trinajstić information content (AvgIpc) is 3.22. The monoisotopic (exact) mass is 407 g/mol. The van der Waals surface area contributed by atoms with Crippen LogP contribution in [0.25, 0.3) is 10.9 Å². The number of methoxy groups -OCH3 is 1. The summed E-state index contributed by atoms with van der Waals surface area (Å²) in [5.41, 5.74) is 3.54. The zero-order chi connectivity index (χ0) is 20.5. The number of aromatic amines is 1. The molecule has 2 aliphatic rings. The summed E-state index contributed by atoms with van der Waals surface area (Å²) in [6.07, 6.45) is 6.91. The normalized spacial score (nSPS) is 23.1. The highest BCUT2D eigenvalue weighted by molar-refractivity contribution is 5.83. The van der Waals surface area contributed by atoms with E-state index in [1.807, 2.05) is 18.2 Å². The first-order valence-electron chi connectivity index (χ1n) is 11.1. The fourth-order valence-corrected chi connectivity index (χ4v) is 5.42. The van der Waals surface area contributed by atoms with Gasteiger partial charge in [0.15, 0.2) is 0 Å². The van der Waals surface area contributed by atoms with Crippen LogP contribution in [0.4, 0.5) is 10.1 Å². The quantitative estimate of drug-likeness (QED) is 0.648. The second-order valence-corrected chi connectivity index (χ2v) is 8.63. The Morgan fingerprint density at radius 3 is 2.50 bits per heavy atom. The Kier molecular flexibility index (Phi) is 5.38. The largest absolute Gasteiger partial charge is 0.495 e. The lowest BCUT2D eigenvalue weighted by Crippen LogP contribution is -2.51. The summed E-state index contributed by atoms with van der Waals surface area (Å²) in [6, 6.07) is 14.0. The Balaban J connectivity index is 1.19. The van der Waals surface area contributed by atoms with E-state index >= 15 is 0 Å². The van der Waals surface area contributed by atoms with Crippen LogP contribution in [0.15, 0.2) is 48.7 Å². The van der Waals surface area contributed by atoms with Gasteiger partial charge in [0.25, 0.3) is 0 Å². The van der Waals surface area contributed by atoms with Gasteiger partial charge in [0.1, 0.15) is 11.6 Å². The number of nitrogens with one attached hydrogen (secondary N) is 1. The number of nitrogens with zero attached hydrogens (tertiary/aromatic N) is 2. The van der Waals surface area contributed by atoms with Crippen LogP contribution in [0.5, 0.6) is 5.75 Å². The van der Waals surface area contributed by atoms with Crippen LogP contribution in [0.3, 0.4) is 0 Å². The first-order valence-corrected chi connectivity index (χ1v) is 11.1. The third kappa shape index (κ3) is 3.67. The summed E-state index contributed by atoms with van der Waals surface area (Å²) in [7, 11) is 1.75. The van der Waals surface area contributed by atoms with Crippen molar-refractivity contribution < 1.29 is 9.13 Å². The molecule has 5 rings (SSSR count). The number of hydrogen-bond donors (Lipinski definition) is 1. The highest BCUT2D eigenvalue weighted by Crippen LogP contribution is 2.38. The van der Waals surface area contributed by atoms with Crippen LogP contribution < -0.4 is 9.64 Å². The van der Waals surface area contributed by atoms with Gasteiger partial charge in [0.05, 0.1) is 12.8 Å². The van der Waals surface area contributed by atoms with Crippen LogP contribution in [-0.2, 0) is 0 Å². The lowest BCUT2D eigenvalue weighted by atomic mass is 9.81. The van der Waals surface area contributed by atoms with Crippen molar-refractivity contribution >= 4 is 16.6 Å². The topological polar surface area (TPSA) is 31.5 Å². The number of hydrogen-bond acceptors (Lipinski definition) is 3. The molecule has 1 N–H and O–H groups in total. The number of fused-ring (bicyclic) bond motifs is 1. The molecule has 1 saturated heterocycles. The molecular formula is C25H30FN3O. The van der Waals surface area contributed by atoms with Gasteiger partial charge in [-0.05, 0) is 67.5 Å². The molecule has 0 atom stereocenters. The molecule has 2 heterocycles. The summed E-state index contributed by atoms with van der Waals surface area (Å²) in [4.78, 5) is 8.45. The van der Waals surface area contributed by atoms with Gasteiger partial charge in [0.2, 0.25) is 0 Å². The van der Waals surface area contributed by atoms with Crippen LogP contribution in [-0.4, -0.2) is 49.2 Å². The zero-order valence-corrected chi connectivity index (χ0v) is 17.6. The molecule has 30 heavy (non-hydrogen) atoms. The smallest absolute Gasteiger partial charge is 0.142 e. The second-order valence-electron chi connectivity index (χ2n) is 8.63. The Morgan fingerprint density at radius 1 is 0.967 bits per heavy atom. The zero-order valence-electron chi connectivity index (χ0n) is 17.6. The molecule has 1 aliphatic heterocycles. The number of rotatable bonds is 4. The van der Waals surface area contributed by atoms with Crippen molar-refractivity contribution in [3.8, 4) is 5.75 Å². The molecule has 0 radical (unpaired) electrons. The predicted molar refractivity (Wildman–Crippen MR) is 120 cm³/mol. The van der Waals surface area contributed by atoms with E-state index in [0.29, 0.717) is 12.0 Å². The number of anilines is 1. The molecule has 0 bridgehead atoms. The van der Waals surface area contributed by atoms with Gasteiger partial charge in [0, 0.05) is 49.3 Å². The standard InChI is InChI=1S/C25H30FN3O/c1-30-25-5-3-2-4-24(25)29-14-12-28(13-15-29)20-9-6-18(7-10-20)22-17-27-23-11-8-19(26)16-21(22)23/h2-5,8,11,16-18,20,27H,6-7,9-10,12-15H2,1H3. The summed E-state index contributed by atoms with van der Waals surface area (Å²) >= 11 is 0. The summed E-state index contributed by atoms with van der Waals surface area (Å²) in [5.74, 6) is 1.35. The number of H-pyrrole nitrogens is 1. The van der Waals surface area contributed by atoms with Gasteiger partial charge >= 0.3 is 0 Å². The molecule has 2 aromatic carbocycles. The van der Waals surface area contributed by atoms with Gasteiger partial charge in [-0.1, -0.05) is 12.1 Å².